The van der Waals surface area contributed by atoms with Crippen LogP contribution in [0.1, 0.15) is 21.5 Å². The fourth-order valence-corrected chi connectivity index (χ4v) is 3.89. The maximum Gasteiger partial charge on any atom is 0.261 e. The molecule has 28 heavy (non-hydrogen) atoms. The molecule has 0 radical (unpaired) electrons. The van der Waals surface area contributed by atoms with Gasteiger partial charge in [0, 0.05) is 16.9 Å². The Morgan fingerprint density at radius 1 is 0.857 bits per heavy atom. The molecule has 0 atom stereocenters. The van der Waals surface area contributed by atoms with Gasteiger partial charge in [-0.1, -0.05) is 12.1 Å². The van der Waals surface area contributed by atoms with E-state index >= 15 is 0 Å². The van der Waals surface area contributed by atoms with Gasteiger partial charge in [-0.05, 0) is 79.6 Å². The third kappa shape index (κ3) is 4.75. The number of nitrogens with one attached hydrogen (secondary N) is 2. The lowest BCUT2D eigenvalue weighted by Crippen LogP contribution is -2.16. The second-order valence-corrected chi connectivity index (χ2v) is 8.15. The summed E-state index contributed by atoms with van der Waals surface area (Å²) in [7, 11) is -3.92. The van der Waals surface area contributed by atoms with Gasteiger partial charge in [-0.3, -0.25) is 9.52 Å². The van der Waals surface area contributed by atoms with Gasteiger partial charge >= 0.3 is 0 Å². The molecular formula is C21H19FN2O3S. The van der Waals surface area contributed by atoms with E-state index in [-0.39, 0.29) is 16.1 Å². The van der Waals surface area contributed by atoms with Crippen LogP contribution in [-0.2, 0) is 10.0 Å². The Bertz CT molecular complexity index is 1110. The zero-order valence-corrected chi connectivity index (χ0v) is 16.2. The van der Waals surface area contributed by atoms with Crippen molar-refractivity contribution in [2.45, 2.75) is 18.7 Å². The summed E-state index contributed by atoms with van der Waals surface area (Å²) < 4.78 is 40.5. The van der Waals surface area contributed by atoms with Crippen molar-refractivity contribution in [3.8, 4) is 0 Å². The monoisotopic (exact) mass is 398 g/mol. The van der Waals surface area contributed by atoms with Crippen molar-refractivity contribution < 1.29 is 17.6 Å². The van der Waals surface area contributed by atoms with Gasteiger partial charge in [0.1, 0.15) is 5.82 Å². The van der Waals surface area contributed by atoms with E-state index in [9.17, 15) is 17.6 Å². The van der Waals surface area contributed by atoms with E-state index < -0.39 is 21.7 Å². The maximum atomic E-state index is 13.0. The smallest absolute Gasteiger partial charge is 0.261 e. The topological polar surface area (TPSA) is 75.3 Å². The summed E-state index contributed by atoms with van der Waals surface area (Å²) in [5.74, 6) is -0.878. The fraction of sp³-hybridized carbons (Fsp3) is 0.0952. The molecule has 0 aliphatic rings. The first-order valence-corrected chi connectivity index (χ1v) is 9.99. The van der Waals surface area contributed by atoms with E-state index in [0.29, 0.717) is 5.69 Å². The Hall–Kier alpha value is -3.19. The van der Waals surface area contributed by atoms with Gasteiger partial charge in [-0.15, -0.1) is 0 Å². The predicted octanol–water partition coefficient (Wildman–Crippen LogP) is 4.50. The van der Waals surface area contributed by atoms with Crippen molar-refractivity contribution in [3.63, 3.8) is 0 Å². The number of sulfonamides is 1. The van der Waals surface area contributed by atoms with E-state index in [1.165, 1.54) is 36.4 Å². The molecule has 0 unspecified atom stereocenters. The number of halogens is 1. The largest absolute Gasteiger partial charge is 0.322 e. The van der Waals surface area contributed by atoms with Gasteiger partial charge in [0.15, 0.2) is 0 Å². The molecule has 0 bridgehead atoms. The van der Waals surface area contributed by atoms with Gasteiger partial charge in [-0.25, -0.2) is 12.8 Å². The van der Waals surface area contributed by atoms with Crippen LogP contribution < -0.4 is 10.0 Å². The average molecular weight is 398 g/mol. The second kappa shape index (κ2) is 7.82. The molecule has 0 fully saturated rings. The summed E-state index contributed by atoms with van der Waals surface area (Å²) in [6.07, 6.45) is 0. The van der Waals surface area contributed by atoms with Crippen LogP contribution in [0.15, 0.2) is 71.6 Å². The molecule has 0 heterocycles. The predicted molar refractivity (Wildman–Crippen MR) is 108 cm³/mol. The molecule has 3 aromatic carbocycles. The standard InChI is InChI=1S/C21H19FN2O3S/c1-14-10-15(2)12-19(11-14)23-21(25)16-4-3-5-20(13-16)28(26,27)24-18-8-6-17(22)7-9-18/h3-13,24H,1-2H3,(H,23,25). The number of hydrogen-bond acceptors (Lipinski definition) is 3. The molecule has 1 amide bonds. The highest BCUT2D eigenvalue weighted by Gasteiger charge is 2.17. The Morgan fingerprint density at radius 2 is 1.50 bits per heavy atom. The number of aryl methyl sites for hydroxylation is 2. The summed E-state index contributed by atoms with van der Waals surface area (Å²) in [5, 5.41) is 2.78. The molecule has 0 saturated heterocycles. The van der Waals surface area contributed by atoms with Gasteiger partial charge in [-0.2, -0.15) is 0 Å². The third-order valence-corrected chi connectivity index (χ3v) is 5.36. The second-order valence-electron chi connectivity index (χ2n) is 6.47. The quantitative estimate of drug-likeness (QED) is 0.665. The summed E-state index contributed by atoms with van der Waals surface area (Å²) in [4.78, 5) is 12.5. The van der Waals surface area contributed by atoms with Crippen molar-refractivity contribution in [1.82, 2.24) is 0 Å². The van der Waals surface area contributed by atoms with Crippen molar-refractivity contribution in [3.05, 3.63) is 89.2 Å². The van der Waals surface area contributed by atoms with Crippen LogP contribution in [0.25, 0.3) is 0 Å². The van der Waals surface area contributed by atoms with Crippen LogP contribution in [0.3, 0.4) is 0 Å². The van der Waals surface area contributed by atoms with Crippen LogP contribution >= 0.6 is 0 Å². The number of benzene rings is 3. The van der Waals surface area contributed by atoms with Gasteiger partial charge in [0.2, 0.25) is 0 Å². The van der Waals surface area contributed by atoms with E-state index in [1.54, 1.807) is 0 Å². The fourth-order valence-electron chi connectivity index (χ4n) is 2.79. The Kier molecular flexibility index (Phi) is 5.46. The molecular weight excluding hydrogens is 379 g/mol. The zero-order valence-electron chi connectivity index (χ0n) is 15.4. The van der Waals surface area contributed by atoms with Crippen molar-refractivity contribution in [2.75, 3.05) is 10.0 Å². The van der Waals surface area contributed by atoms with Crippen LogP contribution in [0.5, 0.6) is 0 Å². The van der Waals surface area contributed by atoms with E-state index in [1.807, 2.05) is 32.0 Å². The summed E-state index contributed by atoms with van der Waals surface area (Å²) in [5.41, 5.74) is 3.10. The van der Waals surface area contributed by atoms with Gasteiger partial charge in [0.05, 0.1) is 4.90 Å². The number of amides is 1. The molecule has 7 heteroatoms. The Balaban J connectivity index is 1.82. The highest BCUT2D eigenvalue weighted by atomic mass is 32.2. The molecule has 3 aromatic rings. The first kappa shape index (κ1) is 19.6. The normalized spacial score (nSPS) is 11.1. The Labute approximate surface area is 163 Å². The highest BCUT2D eigenvalue weighted by Crippen LogP contribution is 2.19. The van der Waals surface area contributed by atoms with E-state index in [2.05, 4.69) is 10.0 Å². The molecule has 2 N–H and O–H groups in total. The number of carbonyl (C=O) groups is 1. The number of rotatable bonds is 5. The summed E-state index contributed by atoms with van der Waals surface area (Å²) in [6, 6.07) is 16.3. The summed E-state index contributed by atoms with van der Waals surface area (Å²) in [6.45, 7) is 3.86. The van der Waals surface area contributed by atoms with Crippen LogP contribution in [0.2, 0.25) is 0 Å². The minimum Gasteiger partial charge on any atom is -0.322 e. The lowest BCUT2D eigenvalue weighted by molar-refractivity contribution is 0.102. The minimum absolute atomic E-state index is 0.0649. The number of hydrogen-bond donors (Lipinski definition) is 2. The maximum absolute atomic E-state index is 13.0. The molecule has 3 rings (SSSR count). The SMILES string of the molecule is Cc1cc(C)cc(NC(=O)c2cccc(S(=O)(=O)Nc3ccc(F)cc3)c2)c1. The van der Waals surface area contributed by atoms with Gasteiger partial charge < -0.3 is 5.32 Å². The number of carbonyl (C=O) groups excluding carboxylic acids is 1. The van der Waals surface area contributed by atoms with Crippen LogP contribution in [0, 0.1) is 19.7 Å². The van der Waals surface area contributed by atoms with Crippen molar-refractivity contribution >= 4 is 27.3 Å². The number of anilines is 2. The molecule has 0 aromatic heterocycles. The zero-order chi connectivity index (χ0) is 20.3. The van der Waals surface area contributed by atoms with Crippen LogP contribution in [0.4, 0.5) is 15.8 Å². The lowest BCUT2D eigenvalue weighted by atomic mass is 10.1. The highest BCUT2D eigenvalue weighted by molar-refractivity contribution is 7.92. The Morgan fingerprint density at radius 3 is 2.14 bits per heavy atom. The van der Waals surface area contributed by atoms with Gasteiger partial charge in [0.25, 0.3) is 15.9 Å². The first-order chi connectivity index (χ1) is 13.2. The first-order valence-electron chi connectivity index (χ1n) is 8.51. The van der Waals surface area contributed by atoms with Crippen LogP contribution in [-0.4, -0.2) is 14.3 Å². The average Bonchev–Trinajstić information content (AvgIpc) is 2.63. The third-order valence-electron chi connectivity index (χ3n) is 3.98. The molecule has 0 saturated carbocycles. The molecule has 144 valence electrons. The molecule has 0 aliphatic heterocycles. The molecule has 0 aliphatic carbocycles. The van der Waals surface area contributed by atoms with E-state index in [4.69, 9.17) is 0 Å². The van der Waals surface area contributed by atoms with E-state index in [0.717, 1.165) is 23.3 Å². The summed E-state index contributed by atoms with van der Waals surface area (Å²) >= 11 is 0. The van der Waals surface area contributed by atoms with Crippen molar-refractivity contribution in [2.24, 2.45) is 0 Å². The molecule has 0 spiro atoms. The molecule has 5 nitrogen and oxygen atoms in total. The lowest BCUT2D eigenvalue weighted by Gasteiger charge is -2.10. The van der Waals surface area contributed by atoms with Crippen molar-refractivity contribution in [1.29, 1.82) is 0 Å². The minimum atomic E-state index is -3.92.